The van der Waals surface area contributed by atoms with Crippen LogP contribution in [0.1, 0.15) is 41.6 Å². The van der Waals surface area contributed by atoms with Crippen molar-refractivity contribution < 1.29 is 9.18 Å². The van der Waals surface area contributed by atoms with Crippen molar-refractivity contribution in [1.82, 2.24) is 9.97 Å². The third-order valence-corrected chi connectivity index (χ3v) is 4.02. The zero-order valence-electron chi connectivity index (χ0n) is 15.5. The molecule has 0 bridgehead atoms. The van der Waals surface area contributed by atoms with Crippen LogP contribution in [0.5, 0.6) is 0 Å². The van der Waals surface area contributed by atoms with E-state index in [9.17, 15) is 9.18 Å². The molecule has 0 saturated carbocycles. The lowest BCUT2D eigenvalue weighted by atomic mass is 10.0. The summed E-state index contributed by atoms with van der Waals surface area (Å²) in [6.07, 6.45) is 0. The zero-order valence-corrected chi connectivity index (χ0v) is 15.5. The van der Waals surface area contributed by atoms with E-state index < -0.39 is 0 Å². The lowest BCUT2D eigenvalue weighted by molar-refractivity contribution is 0.102. The molecule has 27 heavy (non-hydrogen) atoms. The van der Waals surface area contributed by atoms with Gasteiger partial charge in [0.15, 0.2) is 0 Å². The molecule has 138 valence electrons. The van der Waals surface area contributed by atoms with Gasteiger partial charge in [0.05, 0.1) is 0 Å². The maximum Gasteiger partial charge on any atom is 0.274 e. The summed E-state index contributed by atoms with van der Waals surface area (Å²) in [5, 5.41) is 5.99. The Morgan fingerprint density at radius 2 is 1.74 bits per heavy atom. The highest BCUT2D eigenvalue weighted by Gasteiger charge is 2.13. The van der Waals surface area contributed by atoms with Gasteiger partial charge in [-0.05, 0) is 48.7 Å². The summed E-state index contributed by atoms with van der Waals surface area (Å²) in [5.41, 5.74) is 2.83. The first kappa shape index (κ1) is 18.5. The standard InChI is InChI=1S/C21H21FN4O/c1-13(2)17-6-4-5-7-18(17)26-20-12-19(23-14(3)24-20)21(27)25-16-10-8-15(22)9-11-16/h4-13H,1-3H3,(H,25,27)(H,23,24,26). The van der Waals surface area contributed by atoms with Crippen LogP contribution in [0, 0.1) is 12.7 Å². The number of hydrogen-bond acceptors (Lipinski definition) is 4. The number of amides is 1. The molecule has 1 amide bonds. The van der Waals surface area contributed by atoms with E-state index in [0.717, 1.165) is 11.3 Å². The summed E-state index contributed by atoms with van der Waals surface area (Å²) in [7, 11) is 0. The molecular formula is C21H21FN4O. The second-order valence-electron chi connectivity index (χ2n) is 6.51. The minimum Gasteiger partial charge on any atom is -0.340 e. The number of rotatable bonds is 5. The van der Waals surface area contributed by atoms with Crippen LogP contribution in [0.15, 0.2) is 54.6 Å². The van der Waals surface area contributed by atoms with Crippen LogP contribution in [0.4, 0.5) is 21.6 Å². The van der Waals surface area contributed by atoms with Gasteiger partial charge in [-0.2, -0.15) is 0 Å². The molecule has 1 aromatic heterocycles. The zero-order chi connectivity index (χ0) is 19.4. The van der Waals surface area contributed by atoms with Gasteiger partial charge < -0.3 is 10.6 Å². The van der Waals surface area contributed by atoms with E-state index in [2.05, 4.69) is 40.5 Å². The number of aromatic nitrogens is 2. The maximum absolute atomic E-state index is 13.0. The molecule has 0 fully saturated rings. The Morgan fingerprint density at radius 3 is 2.44 bits per heavy atom. The number of nitrogens with zero attached hydrogens (tertiary/aromatic N) is 2. The Hall–Kier alpha value is -3.28. The molecule has 0 aliphatic heterocycles. The van der Waals surface area contributed by atoms with Crippen LogP contribution >= 0.6 is 0 Å². The number of nitrogens with one attached hydrogen (secondary N) is 2. The molecule has 0 unspecified atom stereocenters. The van der Waals surface area contributed by atoms with E-state index in [1.54, 1.807) is 13.0 Å². The first-order valence-electron chi connectivity index (χ1n) is 8.71. The van der Waals surface area contributed by atoms with Gasteiger partial charge in [0.25, 0.3) is 5.91 Å². The van der Waals surface area contributed by atoms with E-state index in [1.165, 1.54) is 24.3 Å². The largest absolute Gasteiger partial charge is 0.340 e. The van der Waals surface area contributed by atoms with E-state index in [1.807, 2.05) is 18.2 Å². The quantitative estimate of drug-likeness (QED) is 0.665. The monoisotopic (exact) mass is 364 g/mol. The first-order chi connectivity index (χ1) is 12.9. The Bertz CT molecular complexity index is 955. The van der Waals surface area contributed by atoms with E-state index >= 15 is 0 Å². The number of carbonyl (C=O) groups excluding carboxylic acids is 1. The molecule has 3 rings (SSSR count). The SMILES string of the molecule is Cc1nc(Nc2ccccc2C(C)C)cc(C(=O)Nc2ccc(F)cc2)n1. The number of anilines is 3. The van der Waals surface area contributed by atoms with Crippen molar-refractivity contribution in [2.75, 3.05) is 10.6 Å². The lowest BCUT2D eigenvalue weighted by Gasteiger charge is -2.15. The van der Waals surface area contributed by atoms with E-state index in [-0.39, 0.29) is 17.4 Å². The van der Waals surface area contributed by atoms with E-state index in [4.69, 9.17) is 0 Å². The van der Waals surface area contributed by atoms with Crippen molar-refractivity contribution in [3.63, 3.8) is 0 Å². The Morgan fingerprint density at radius 1 is 1.04 bits per heavy atom. The van der Waals surface area contributed by atoms with Crippen LogP contribution in [-0.2, 0) is 0 Å². The van der Waals surface area contributed by atoms with Gasteiger partial charge in [-0.25, -0.2) is 14.4 Å². The van der Waals surface area contributed by atoms with Gasteiger partial charge in [-0.1, -0.05) is 32.0 Å². The summed E-state index contributed by atoms with van der Waals surface area (Å²) in [5.74, 6) is 0.623. The molecule has 3 aromatic rings. The Labute approximate surface area is 157 Å². The molecule has 2 aromatic carbocycles. The predicted molar refractivity (Wildman–Crippen MR) is 105 cm³/mol. The van der Waals surface area contributed by atoms with Gasteiger partial charge in [-0.15, -0.1) is 0 Å². The highest BCUT2D eigenvalue weighted by Crippen LogP contribution is 2.26. The average molecular weight is 364 g/mol. The fourth-order valence-corrected chi connectivity index (χ4v) is 2.73. The topological polar surface area (TPSA) is 66.9 Å². The molecule has 5 nitrogen and oxygen atoms in total. The Kier molecular flexibility index (Phi) is 5.45. The second-order valence-corrected chi connectivity index (χ2v) is 6.51. The van der Waals surface area contributed by atoms with Gasteiger partial charge >= 0.3 is 0 Å². The average Bonchev–Trinajstić information content (AvgIpc) is 2.63. The van der Waals surface area contributed by atoms with Crippen molar-refractivity contribution in [1.29, 1.82) is 0 Å². The van der Waals surface area contributed by atoms with Crippen LogP contribution < -0.4 is 10.6 Å². The number of hydrogen-bond donors (Lipinski definition) is 2. The van der Waals surface area contributed by atoms with Gasteiger partial charge in [0.1, 0.15) is 23.2 Å². The number of para-hydroxylation sites is 1. The summed E-state index contributed by atoms with van der Waals surface area (Å²) in [6.45, 7) is 5.97. The fraction of sp³-hybridized carbons (Fsp3) is 0.190. The number of aryl methyl sites for hydroxylation is 1. The molecule has 0 saturated heterocycles. The Balaban J connectivity index is 1.84. The van der Waals surface area contributed by atoms with Crippen molar-refractivity contribution in [2.45, 2.75) is 26.7 Å². The molecule has 0 spiro atoms. The minimum absolute atomic E-state index is 0.233. The van der Waals surface area contributed by atoms with Crippen LogP contribution in [0.2, 0.25) is 0 Å². The summed E-state index contributed by atoms with van der Waals surface area (Å²) in [6, 6.07) is 15.2. The maximum atomic E-state index is 13.0. The molecule has 1 heterocycles. The summed E-state index contributed by atoms with van der Waals surface area (Å²) in [4.78, 5) is 21.1. The smallest absolute Gasteiger partial charge is 0.274 e. The number of halogens is 1. The molecule has 0 atom stereocenters. The highest BCUT2D eigenvalue weighted by molar-refractivity contribution is 6.03. The molecule has 0 aliphatic rings. The molecule has 2 N–H and O–H groups in total. The number of benzene rings is 2. The lowest BCUT2D eigenvalue weighted by Crippen LogP contribution is -2.15. The third kappa shape index (κ3) is 4.67. The van der Waals surface area contributed by atoms with Crippen LogP contribution in [-0.4, -0.2) is 15.9 Å². The second kappa shape index (κ2) is 7.95. The third-order valence-electron chi connectivity index (χ3n) is 4.02. The first-order valence-corrected chi connectivity index (χ1v) is 8.71. The fourth-order valence-electron chi connectivity index (χ4n) is 2.73. The van der Waals surface area contributed by atoms with Gasteiger partial charge in [-0.3, -0.25) is 4.79 Å². The highest BCUT2D eigenvalue weighted by atomic mass is 19.1. The number of carbonyl (C=O) groups is 1. The minimum atomic E-state index is -0.382. The van der Waals surface area contributed by atoms with Crippen LogP contribution in [0.3, 0.4) is 0 Å². The van der Waals surface area contributed by atoms with E-state index in [0.29, 0.717) is 23.2 Å². The van der Waals surface area contributed by atoms with Crippen molar-refractivity contribution in [3.05, 3.63) is 77.5 Å². The molecule has 0 radical (unpaired) electrons. The molecular weight excluding hydrogens is 343 g/mol. The predicted octanol–water partition coefficient (Wildman–Crippen LogP) is 5.04. The van der Waals surface area contributed by atoms with Crippen molar-refractivity contribution in [2.24, 2.45) is 0 Å². The normalized spacial score (nSPS) is 10.7. The van der Waals surface area contributed by atoms with Gasteiger partial charge in [0, 0.05) is 17.4 Å². The molecule has 0 aliphatic carbocycles. The van der Waals surface area contributed by atoms with Crippen molar-refractivity contribution in [3.8, 4) is 0 Å². The van der Waals surface area contributed by atoms with Crippen molar-refractivity contribution >= 4 is 23.1 Å². The van der Waals surface area contributed by atoms with Crippen LogP contribution in [0.25, 0.3) is 0 Å². The molecule has 6 heteroatoms. The summed E-state index contributed by atoms with van der Waals surface area (Å²) >= 11 is 0. The summed E-state index contributed by atoms with van der Waals surface area (Å²) < 4.78 is 13.0. The van der Waals surface area contributed by atoms with Gasteiger partial charge in [0.2, 0.25) is 0 Å².